The van der Waals surface area contributed by atoms with Gasteiger partial charge in [-0.05, 0) is 66.8 Å². The fourth-order valence-corrected chi connectivity index (χ4v) is 7.15. The van der Waals surface area contributed by atoms with Gasteiger partial charge >= 0.3 is 0 Å². The van der Waals surface area contributed by atoms with Crippen LogP contribution >= 0.6 is 0 Å². The summed E-state index contributed by atoms with van der Waals surface area (Å²) in [5.74, 6) is 0. The summed E-state index contributed by atoms with van der Waals surface area (Å²) in [4.78, 5) is 0. The van der Waals surface area contributed by atoms with E-state index in [-0.39, 0.29) is 0 Å². The van der Waals surface area contributed by atoms with Gasteiger partial charge in [0.25, 0.3) is 0 Å². The van der Waals surface area contributed by atoms with E-state index in [1.807, 2.05) is 0 Å². The van der Waals surface area contributed by atoms with Gasteiger partial charge in [-0.15, -0.1) is 0 Å². The molecule has 0 saturated carbocycles. The summed E-state index contributed by atoms with van der Waals surface area (Å²) >= 11 is 0. The van der Waals surface area contributed by atoms with Crippen LogP contribution in [0, 0.1) is 10.4 Å². The maximum Gasteiger partial charge on any atom is 0.0784 e. The van der Waals surface area contributed by atoms with Crippen molar-refractivity contribution in [2.24, 2.45) is 0 Å². The number of allylic oxidation sites excluding steroid dienone is 4. The van der Waals surface area contributed by atoms with Crippen molar-refractivity contribution in [3.05, 3.63) is 152 Å². The third-order valence-corrected chi connectivity index (χ3v) is 9.20. The van der Waals surface area contributed by atoms with Gasteiger partial charge in [0.2, 0.25) is 0 Å². The smallest absolute Gasteiger partial charge is 0.0784 e. The molecule has 0 radical (unpaired) electrons. The molecule has 35 heavy (non-hydrogen) atoms. The predicted molar refractivity (Wildman–Crippen MR) is 153 cm³/mol. The van der Waals surface area contributed by atoms with Crippen LogP contribution in [0.15, 0.2) is 109 Å². The molecular formula is C34H30Si. The summed E-state index contributed by atoms with van der Waals surface area (Å²) in [6.45, 7) is 7.46. The maximum absolute atomic E-state index is 2.54. The van der Waals surface area contributed by atoms with Crippen LogP contribution in [-0.2, 0) is 0 Å². The Morgan fingerprint density at radius 1 is 0.714 bits per heavy atom. The van der Waals surface area contributed by atoms with Crippen LogP contribution in [0.1, 0.15) is 28.7 Å². The lowest BCUT2D eigenvalue weighted by Gasteiger charge is -2.24. The highest BCUT2D eigenvalue weighted by Gasteiger charge is 2.26. The Morgan fingerprint density at radius 3 is 1.94 bits per heavy atom. The first kappa shape index (κ1) is 21.8. The zero-order chi connectivity index (χ0) is 24.0. The van der Waals surface area contributed by atoms with Crippen LogP contribution in [0.3, 0.4) is 0 Å². The molecule has 0 saturated heterocycles. The predicted octanol–water partition coefficient (Wildman–Crippen LogP) is 6.25. The Balaban J connectivity index is 1.92. The Kier molecular flexibility index (Phi) is 5.31. The highest BCUT2D eigenvalue weighted by Crippen LogP contribution is 2.29. The first-order chi connectivity index (χ1) is 17.0. The molecule has 0 bridgehead atoms. The van der Waals surface area contributed by atoms with Crippen LogP contribution in [0.5, 0.6) is 0 Å². The molecule has 0 heterocycles. The third-order valence-electron chi connectivity index (χ3n) is 7.19. The minimum atomic E-state index is -1.74. The number of hydrogen-bond donors (Lipinski definition) is 0. The SMILES string of the molecule is C[Si](C)(C)c1cc2c(c(C3=CC=CC3)c1=C(c1ccccc1)c1ccccc1)C=c1ccccc1=2. The lowest BCUT2D eigenvalue weighted by Crippen LogP contribution is -2.50. The molecule has 0 nitrogen and oxygen atoms in total. The minimum Gasteiger partial charge on any atom is -0.0801 e. The Hall–Kier alpha value is -3.68. The van der Waals surface area contributed by atoms with Crippen molar-refractivity contribution in [2.45, 2.75) is 26.1 Å². The average Bonchev–Trinajstić information content (AvgIpc) is 3.53. The highest BCUT2D eigenvalue weighted by molar-refractivity contribution is 6.88. The monoisotopic (exact) mass is 466 g/mol. The number of rotatable bonds is 4. The molecule has 0 N–H and O–H groups in total. The van der Waals surface area contributed by atoms with Crippen LogP contribution in [0.4, 0.5) is 0 Å². The Bertz CT molecular complexity index is 1670. The van der Waals surface area contributed by atoms with E-state index in [2.05, 4.69) is 135 Å². The van der Waals surface area contributed by atoms with E-state index in [4.69, 9.17) is 0 Å². The third kappa shape index (κ3) is 3.77. The molecule has 0 atom stereocenters. The molecule has 4 aromatic carbocycles. The topological polar surface area (TPSA) is 0 Å². The van der Waals surface area contributed by atoms with Crippen molar-refractivity contribution in [1.29, 1.82) is 0 Å². The summed E-state index contributed by atoms with van der Waals surface area (Å²) in [7, 11) is -1.74. The van der Waals surface area contributed by atoms with Crippen molar-refractivity contribution in [2.75, 3.05) is 0 Å². The molecule has 6 rings (SSSR count). The largest absolute Gasteiger partial charge is 0.0801 e. The summed E-state index contributed by atoms with van der Waals surface area (Å²) in [5, 5.41) is 7.05. The van der Waals surface area contributed by atoms with E-state index in [0.29, 0.717) is 0 Å². The molecule has 0 unspecified atom stereocenters. The van der Waals surface area contributed by atoms with E-state index in [1.165, 1.54) is 59.5 Å². The van der Waals surface area contributed by atoms with E-state index in [0.717, 1.165) is 6.42 Å². The number of benzene rings is 4. The van der Waals surface area contributed by atoms with Gasteiger partial charge in [-0.2, -0.15) is 0 Å². The van der Waals surface area contributed by atoms with Crippen molar-refractivity contribution in [3.8, 4) is 0 Å². The number of hydrogen-bond acceptors (Lipinski definition) is 0. The van der Waals surface area contributed by atoms with E-state index in [1.54, 1.807) is 0 Å². The quantitative estimate of drug-likeness (QED) is 0.275. The average molecular weight is 467 g/mol. The van der Waals surface area contributed by atoms with Crippen molar-refractivity contribution < 1.29 is 0 Å². The Labute approximate surface area is 208 Å². The molecule has 4 aromatic rings. The Morgan fingerprint density at radius 2 is 1.34 bits per heavy atom. The summed E-state index contributed by atoms with van der Waals surface area (Å²) < 4.78 is 0. The summed E-state index contributed by atoms with van der Waals surface area (Å²) in [5.41, 5.74) is 8.12. The zero-order valence-corrected chi connectivity index (χ0v) is 21.7. The number of fused-ring (bicyclic) bond motifs is 2. The molecule has 2 aliphatic carbocycles. The standard InChI is InChI=1S/C34H30Si/c1-35(2,3)31-23-29-28-21-13-12-20-27(28)22-30(29)33(26-18-10-11-19-26)34(31)32(24-14-6-4-7-15-24)25-16-8-5-9-17-25/h4-18,20-23H,19H2,1-3H3. The van der Waals surface area contributed by atoms with Crippen LogP contribution in [0.2, 0.25) is 19.6 Å². The second-order valence-corrected chi connectivity index (χ2v) is 15.6. The van der Waals surface area contributed by atoms with Gasteiger partial charge in [0.1, 0.15) is 0 Å². The molecule has 0 aromatic heterocycles. The van der Waals surface area contributed by atoms with E-state index >= 15 is 0 Å². The normalized spacial score (nSPS) is 13.7. The van der Waals surface area contributed by atoms with Gasteiger partial charge in [0.05, 0.1) is 8.07 Å². The first-order valence-electron chi connectivity index (χ1n) is 12.5. The fraction of sp³-hybridized carbons (Fsp3) is 0.118. The lowest BCUT2D eigenvalue weighted by atomic mass is 9.88. The molecule has 1 heteroatoms. The lowest BCUT2D eigenvalue weighted by molar-refractivity contribution is 1.36. The van der Waals surface area contributed by atoms with E-state index < -0.39 is 8.07 Å². The molecule has 170 valence electrons. The van der Waals surface area contributed by atoms with Crippen molar-refractivity contribution in [1.82, 2.24) is 0 Å². The van der Waals surface area contributed by atoms with Crippen LogP contribution in [0.25, 0.3) is 17.2 Å². The summed E-state index contributed by atoms with van der Waals surface area (Å²) in [6.07, 6.45) is 10.2. The van der Waals surface area contributed by atoms with Gasteiger partial charge < -0.3 is 0 Å². The van der Waals surface area contributed by atoms with Crippen LogP contribution in [-0.4, -0.2) is 8.07 Å². The van der Waals surface area contributed by atoms with Crippen molar-refractivity contribution in [3.63, 3.8) is 0 Å². The molecule has 0 fully saturated rings. The zero-order valence-electron chi connectivity index (χ0n) is 20.7. The first-order valence-corrected chi connectivity index (χ1v) is 16.0. The fourth-order valence-electron chi connectivity index (χ4n) is 5.58. The van der Waals surface area contributed by atoms with Gasteiger partial charge in [-0.1, -0.05) is 134 Å². The summed E-state index contributed by atoms with van der Waals surface area (Å²) in [6, 6.07) is 33.4. The van der Waals surface area contributed by atoms with Gasteiger partial charge in [0, 0.05) is 0 Å². The maximum atomic E-state index is 2.54. The van der Waals surface area contributed by atoms with Gasteiger partial charge in [-0.25, -0.2) is 0 Å². The van der Waals surface area contributed by atoms with Gasteiger partial charge in [0.15, 0.2) is 0 Å². The molecule has 0 spiro atoms. The molecule has 0 amide bonds. The van der Waals surface area contributed by atoms with E-state index in [9.17, 15) is 0 Å². The van der Waals surface area contributed by atoms with Crippen molar-refractivity contribution >= 4 is 30.5 Å². The van der Waals surface area contributed by atoms with Gasteiger partial charge in [-0.3, -0.25) is 0 Å². The van der Waals surface area contributed by atoms with Crippen LogP contribution < -0.4 is 15.6 Å². The highest BCUT2D eigenvalue weighted by atomic mass is 28.3. The molecular weight excluding hydrogens is 436 g/mol. The minimum absolute atomic E-state index is 0.982. The molecule has 2 aliphatic rings. The second-order valence-electron chi connectivity index (χ2n) is 10.5. The molecule has 0 aliphatic heterocycles. The second kappa shape index (κ2) is 8.52.